The van der Waals surface area contributed by atoms with Gasteiger partial charge in [0.15, 0.2) is 0 Å². The fraction of sp³-hybridized carbons (Fsp3) is 0.600. The van der Waals surface area contributed by atoms with Crippen molar-refractivity contribution in [1.82, 2.24) is 5.32 Å². The second kappa shape index (κ2) is 6.21. The van der Waals surface area contributed by atoms with Crippen LogP contribution in [0.25, 0.3) is 0 Å². The van der Waals surface area contributed by atoms with E-state index in [9.17, 15) is 5.11 Å². The predicted octanol–water partition coefficient (Wildman–Crippen LogP) is 1.93. The van der Waals surface area contributed by atoms with Crippen LogP contribution in [0.1, 0.15) is 24.8 Å². The average Bonchev–Trinajstić information content (AvgIpc) is 3.18. The maximum atomic E-state index is 9.35. The van der Waals surface area contributed by atoms with Gasteiger partial charge in [-0.15, -0.1) is 0 Å². The molecule has 0 aliphatic heterocycles. The molecule has 0 bridgehead atoms. The maximum Gasteiger partial charge on any atom is 0.0585 e. The molecule has 0 heterocycles. The molecule has 1 saturated carbocycles. The number of nitrogens with zero attached hydrogens (tertiary/aromatic N) is 1. The quantitative estimate of drug-likeness (QED) is 0.774. The van der Waals surface area contributed by atoms with E-state index in [1.807, 2.05) is 0 Å². The van der Waals surface area contributed by atoms with Crippen molar-refractivity contribution < 1.29 is 5.11 Å². The van der Waals surface area contributed by atoms with Gasteiger partial charge in [0.1, 0.15) is 0 Å². The molecule has 1 aliphatic carbocycles. The third kappa shape index (κ3) is 4.00. The van der Waals surface area contributed by atoms with Gasteiger partial charge in [0.2, 0.25) is 0 Å². The molecule has 0 radical (unpaired) electrons. The second-order valence-corrected chi connectivity index (χ2v) is 5.37. The molecule has 2 N–H and O–H groups in total. The zero-order valence-corrected chi connectivity index (χ0v) is 11.4. The molecule has 3 heteroatoms. The third-order valence-corrected chi connectivity index (χ3v) is 3.52. The van der Waals surface area contributed by atoms with Gasteiger partial charge in [0.25, 0.3) is 0 Å². The van der Waals surface area contributed by atoms with Gasteiger partial charge in [-0.2, -0.15) is 0 Å². The number of benzene rings is 1. The maximum absolute atomic E-state index is 9.35. The van der Waals surface area contributed by atoms with Gasteiger partial charge >= 0.3 is 0 Å². The predicted molar refractivity (Wildman–Crippen MR) is 76.1 cm³/mol. The summed E-state index contributed by atoms with van der Waals surface area (Å²) in [4.78, 5) is 2.25. The van der Waals surface area contributed by atoms with Crippen molar-refractivity contribution >= 4 is 5.69 Å². The van der Waals surface area contributed by atoms with E-state index in [4.69, 9.17) is 0 Å². The number of hydrogen-bond donors (Lipinski definition) is 2. The van der Waals surface area contributed by atoms with Crippen LogP contribution in [0.4, 0.5) is 5.69 Å². The van der Waals surface area contributed by atoms with Crippen molar-refractivity contribution in [3.63, 3.8) is 0 Å². The highest BCUT2D eigenvalue weighted by atomic mass is 16.3. The molecule has 3 nitrogen and oxygen atoms in total. The van der Waals surface area contributed by atoms with Gasteiger partial charge in [0, 0.05) is 31.4 Å². The third-order valence-electron chi connectivity index (χ3n) is 3.52. The number of rotatable bonds is 7. The normalized spacial score (nSPS) is 16.6. The van der Waals surface area contributed by atoms with Crippen molar-refractivity contribution in [3.05, 3.63) is 29.8 Å². The van der Waals surface area contributed by atoms with Crippen molar-refractivity contribution in [2.45, 2.75) is 38.3 Å². The summed E-state index contributed by atoms with van der Waals surface area (Å²) in [7, 11) is 2.11. The first-order chi connectivity index (χ1) is 8.69. The van der Waals surface area contributed by atoms with Crippen LogP contribution in [0, 0.1) is 6.92 Å². The van der Waals surface area contributed by atoms with Crippen molar-refractivity contribution in [1.29, 1.82) is 0 Å². The molecule has 1 fully saturated rings. The van der Waals surface area contributed by atoms with Crippen LogP contribution in [0.15, 0.2) is 24.3 Å². The van der Waals surface area contributed by atoms with Crippen LogP contribution in [0.5, 0.6) is 0 Å². The molecular weight excluding hydrogens is 224 g/mol. The lowest BCUT2D eigenvalue weighted by Gasteiger charge is -2.23. The fourth-order valence-electron chi connectivity index (χ4n) is 2.15. The largest absolute Gasteiger partial charge is 0.395 e. The van der Waals surface area contributed by atoms with E-state index >= 15 is 0 Å². The minimum Gasteiger partial charge on any atom is -0.395 e. The van der Waals surface area contributed by atoms with E-state index < -0.39 is 0 Å². The number of aryl methyl sites for hydroxylation is 1. The van der Waals surface area contributed by atoms with Crippen molar-refractivity contribution in [2.75, 3.05) is 25.1 Å². The zero-order valence-electron chi connectivity index (χ0n) is 11.4. The minimum absolute atomic E-state index is 0.234. The monoisotopic (exact) mass is 248 g/mol. The lowest BCUT2D eigenvalue weighted by molar-refractivity contribution is 0.235. The standard InChI is InChI=1S/C15H24N2O/c1-12-4-3-5-15(10-12)17(2)9-8-14(11-18)16-13-6-7-13/h3-5,10,13-14,16,18H,6-9,11H2,1-2H3. The molecule has 0 amide bonds. The molecule has 100 valence electrons. The SMILES string of the molecule is Cc1cccc(N(C)CCC(CO)NC2CC2)c1. The number of anilines is 1. The zero-order chi connectivity index (χ0) is 13.0. The van der Waals surface area contributed by atoms with E-state index in [0.717, 1.165) is 13.0 Å². The van der Waals surface area contributed by atoms with Crippen molar-refractivity contribution in [3.8, 4) is 0 Å². The van der Waals surface area contributed by atoms with Crippen LogP contribution in [-0.4, -0.2) is 37.4 Å². The Kier molecular flexibility index (Phi) is 4.61. The summed E-state index contributed by atoms with van der Waals surface area (Å²) >= 11 is 0. The van der Waals surface area contributed by atoms with Crippen molar-refractivity contribution in [2.24, 2.45) is 0 Å². The molecule has 2 rings (SSSR count). The highest BCUT2D eigenvalue weighted by Crippen LogP contribution is 2.20. The second-order valence-electron chi connectivity index (χ2n) is 5.37. The van der Waals surface area contributed by atoms with Gasteiger partial charge < -0.3 is 15.3 Å². The Labute approximate surface area is 110 Å². The van der Waals surface area contributed by atoms with E-state index in [0.29, 0.717) is 6.04 Å². The summed E-state index contributed by atoms with van der Waals surface area (Å²) in [5.74, 6) is 0. The summed E-state index contributed by atoms with van der Waals surface area (Å²) < 4.78 is 0. The number of hydrogen-bond acceptors (Lipinski definition) is 3. The van der Waals surface area contributed by atoms with E-state index in [2.05, 4.69) is 48.5 Å². The summed E-state index contributed by atoms with van der Waals surface area (Å²) in [6.07, 6.45) is 3.52. The number of nitrogens with one attached hydrogen (secondary N) is 1. The van der Waals surface area contributed by atoms with Gasteiger partial charge in [-0.25, -0.2) is 0 Å². The molecule has 1 atom stereocenters. The Morgan fingerprint density at radius 1 is 1.44 bits per heavy atom. The highest BCUT2D eigenvalue weighted by molar-refractivity contribution is 5.47. The number of aliphatic hydroxyl groups excluding tert-OH is 1. The lowest BCUT2D eigenvalue weighted by Crippen LogP contribution is -2.37. The Morgan fingerprint density at radius 2 is 2.22 bits per heavy atom. The summed E-state index contributed by atoms with van der Waals surface area (Å²) in [5, 5.41) is 12.8. The summed E-state index contributed by atoms with van der Waals surface area (Å²) in [6, 6.07) is 9.43. The van der Waals surface area contributed by atoms with Gasteiger partial charge in [-0.05, 0) is 43.9 Å². The van der Waals surface area contributed by atoms with Gasteiger partial charge in [-0.1, -0.05) is 12.1 Å². The topological polar surface area (TPSA) is 35.5 Å². The molecule has 0 aromatic heterocycles. The average molecular weight is 248 g/mol. The Balaban J connectivity index is 1.80. The molecule has 0 spiro atoms. The lowest BCUT2D eigenvalue weighted by atomic mass is 10.1. The molecule has 1 aromatic rings. The smallest absolute Gasteiger partial charge is 0.0585 e. The van der Waals surface area contributed by atoms with Crippen LogP contribution < -0.4 is 10.2 Å². The first kappa shape index (κ1) is 13.4. The molecule has 1 unspecified atom stereocenters. The van der Waals surface area contributed by atoms with Crippen LogP contribution in [0.3, 0.4) is 0 Å². The van der Waals surface area contributed by atoms with E-state index in [-0.39, 0.29) is 12.6 Å². The Hall–Kier alpha value is -1.06. The van der Waals surface area contributed by atoms with Gasteiger partial charge in [0.05, 0.1) is 6.61 Å². The molecule has 1 aromatic carbocycles. The highest BCUT2D eigenvalue weighted by Gasteiger charge is 2.24. The van der Waals surface area contributed by atoms with E-state index in [1.165, 1.54) is 24.1 Å². The van der Waals surface area contributed by atoms with Crippen LogP contribution in [0.2, 0.25) is 0 Å². The Bertz CT molecular complexity index is 377. The summed E-state index contributed by atoms with van der Waals surface area (Å²) in [6.45, 7) is 3.31. The van der Waals surface area contributed by atoms with Crippen LogP contribution >= 0.6 is 0 Å². The Morgan fingerprint density at radius 3 is 2.83 bits per heavy atom. The first-order valence-corrected chi connectivity index (χ1v) is 6.83. The first-order valence-electron chi connectivity index (χ1n) is 6.83. The van der Waals surface area contributed by atoms with Crippen LogP contribution in [-0.2, 0) is 0 Å². The fourth-order valence-corrected chi connectivity index (χ4v) is 2.15. The molecular formula is C15H24N2O. The molecule has 18 heavy (non-hydrogen) atoms. The molecule has 1 aliphatic rings. The molecule has 0 saturated heterocycles. The van der Waals surface area contributed by atoms with E-state index in [1.54, 1.807) is 0 Å². The van der Waals surface area contributed by atoms with Gasteiger partial charge in [-0.3, -0.25) is 0 Å². The summed E-state index contributed by atoms with van der Waals surface area (Å²) in [5.41, 5.74) is 2.53. The minimum atomic E-state index is 0.234. The number of aliphatic hydroxyl groups is 1.